The molecule has 0 aliphatic heterocycles. The Hall–Kier alpha value is -2.46. The Kier molecular flexibility index (Phi) is 5.96. The Balaban J connectivity index is 1.72. The van der Waals surface area contributed by atoms with Crippen LogP contribution >= 0.6 is 0 Å². The summed E-state index contributed by atoms with van der Waals surface area (Å²) in [5.74, 6) is 0. The van der Waals surface area contributed by atoms with Crippen molar-refractivity contribution in [2.45, 2.75) is 39.9 Å². The highest BCUT2D eigenvalue weighted by molar-refractivity contribution is 5.18. The van der Waals surface area contributed by atoms with Crippen LogP contribution in [0.5, 0.6) is 0 Å². The minimum Gasteiger partial charge on any atom is -0.294 e. The molecule has 0 bridgehead atoms. The van der Waals surface area contributed by atoms with E-state index in [0.717, 1.165) is 38.3 Å². The zero-order chi connectivity index (χ0) is 17.5. The Labute approximate surface area is 150 Å². The second-order valence-electron chi connectivity index (χ2n) is 6.40. The molecule has 0 saturated heterocycles. The van der Waals surface area contributed by atoms with Gasteiger partial charge in [0.05, 0.1) is 5.69 Å². The third-order valence-electron chi connectivity index (χ3n) is 4.48. The maximum Gasteiger partial charge on any atom is 0.0638 e. The molecule has 130 valence electrons. The summed E-state index contributed by atoms with van der Waals surface area (Å²) in [5, 5.41) is 4.59. The summed E-state index contributed by atoms with van der Waals surface area (Å²) in [7, 11) is 0. The van der Waals surface area contributed by atoms with E-state index in [2.05, 4.69) is 77.5 Å². The number of benzene rings is 1. The Morgan fingerprint density at radius 3 is 2.40 bits per heavy atom. The lowest BCUT2D eigenvalue weighted by Gasteiger charge is -2.22. The summed E-state index contributed by atoms with van der Waals surface area (Å²) in [6, 6.07) is 14.9. The highest BCUT2D eigenvalue weighted by Crippen LogP contribution is 2.14. The van der Waals surface area contributed by atoms with Gasteiger partial charge in [-0.05, 0) is 43.5 Å². The van der Waals surface area contributed by atoms with Crippen LogP contribution in [-0.4, -0.2) is 26.2 Å². The quantitative estimate of drug-likeness (QED) is 0.627. The van der Waals surface area contributed by atoms with Crippen LogP contribution in [0.3, 0.4) is 0 Å². The Morgan fingerprint density at radius 1 is 0.960 bits per heavy atom. The molecule has 0 unspecified atom stereocenters. The molecule has 0 aliphatic carbocycles. The first-order valence-corrected chi connectivity index (χ1v) is 8.92. The van der Waals surface area contributed by atoms with Gasteiger partial charge in [-0.2, -0.15) is 5.10 Å². The van der Waals surface area contributed by atoms with Gasteiger partial charge in [-0.1, -0.05) is 30.3 Å². The number of aryl methyl sites for hydroxylation is 2. The molecule has 2 aromatic heterocycles. The van der Waals surface area contributed by atoms with Crippen LogP contribution in [0.1, 0.15) is 29.3 Å². The molecule has 3 rings (SSSR count). The van der Waals surface area contributed by atoms with Gasteiger partial charge in [0, 0.05) is 50.3 Å². The van der Waals surface area contributed by atoms with Crippen LogP contribution in [0.4, 0.5) is 0 Å². The van der Waals surface area contributed by atoms with Gasteiger partial charge in [-0.15, -0.1) is 0 Å². The highest BCUT2D eigenvalue weighted by Gasteiger charge is 2.12. The second-order valence-corrected chi connectivity index (χ2v) is 6.40. The van der Waals surface area contributed by atoms with Crippen LogP contribution in [0.15, 0.2) is 61.1 Å². The molecule has 2 heterocycles. The lowest BCUT2D eigenvalue weighted by molar-refractivity contribution is 0.259. The molecule has 0 saturated carbocycles. The molecule has 1 aromatic carbocycles. The maximum absolute atomic E-state index is 4.59. The number of hydrogen-bond acceptors (Lipinski definition) is 3. The smallest absolute Gasteiger partial charge is 0.0638 e. The standard InChI is InChI=1S/C21H26N4/c1-3-25-17-21(18(2)23-25)16-24(15-20-9-12-22-13-10-20)14-11-19-7-5-4-6-8-19/h4-10,12-13,17H,3,11,14-16H2,1-2H3. The van der Waals surface area contributed by atoms with Crippen LogP contribution in [0, 0.1) is 6.92 Å². The predicted molar refractivity (Wildman–Crippen MR) is 101 cm³/mol. The van der Waals surface area contributed by atoms with E-state index >= 15 is 0 Å². The van der Waals surface area contributed by atoms with Gasteiger partial charge in [-0.25, -0.2) is 0 Å². The van der Waals surface area contributed by atoms with Crippen molar-refractivity contribution in [1.82, 2.24) is 19.7 Å². The van der Waals surface area contributed by atoms with Crippen LogP contribution < -0.4 is 0 Å². The third kappa shape index (κ3) is 5.00. The lowest BCUT2D eigenvalue weighted by atomic mass is 10.1. The van der Waals surface area contributed by atoms with Crippen LogP contribution in [-0.2, 0) is 26.1 Å². The largest absolute Gasteiger partial charge is 0.294 e. The second kappa shape index (κ2) is 8.58. The molecule has 0 radical (unpaired) electrons. The topological polar surface area (TPSA) is 34.0 Å². The van der Waals surface area contributed by atoms with E-state index in [-0.39, 0.29) is 0 Å². The van der Waals surface area contributed by atoms with Crippen molar-refractivity contribution in [2.24, 2.45) is 0 Å². The number of pyridine rings is 1. The monoisotopic (exact) mass is 334 g/mol. The van der Waals surface area contributed by atoms with Gasteiger partial charge in [-0.3, -0.25) is 14.6 Å². The predicted octanol–water partition coefficient (Wildman–Crippen LogP) is 3.85. The van der Waals surface area contributed by atoms with Crippen molar-refractivity contribution in [3.63, 3.8) is 0 Å². The van der Waals surface area contributed by atoms with Gasteiger partial charge in [0.2, 0.25) is 0 Å². The van der Waals surface area contributed by atoms with Crippen molar-refractivity contribution in [2.75, 3.05) is 6.54 Å². The molecule has 0 aliphatic rings. The molecule has 25 heavy (non-hydrogen) atoms. The molecule has 0 N–H and O–H groups in total. The minimum absolute atomic E-state index is 0.912. The van der Waals surface area contributed by atoms with Crippen molar-refractivity contribution in [3.8, 4) is 0 Å². The van der Waals surface area contributed by atoms with E-state index in [9.17, 15) is 0 Å². The van der Waals surface area contributed by atoms with Crippen molar-refractivity contribution in [3.05, 3.63) is 83.4 Å². The fourth-order valence-electron chi connectivity index (χ4n) is 3.01. The molecule has 4 nitrogen and oxygen atoms in total. The van der Waals surface area contributed by atoms with E-state index in [1.807, 2.05) is 17.1 Å². The summed E-state index contributed by atoms with van der Waals surface area (Å²) < 4.78 is 2.02. The highest BCUT2D eigenvalue weighted by atomic mass is 15.3. The molecule has 0 amide bonds. The number of rotatable bonds is 8. The SMILES string of the molecule is CCn1cc(CN(CCc2ccccc2)Cc2ccncc2)c(C)n1. The van der Waals surface area contributed by atoms with E-state index in [1.165, 1.54) is 16.7 Å². The molecular weight excluding hydrogens is 308 g/mol. The van der Waals surface area contributed by atoms with Gasteiger partial charge >= 0.3 is 0 Å². The average molecular weight is 334 g/mol. The lowest BCUT2D eigenvalue weighted by Crippen LogP contribution is -2.25. The number of aromatic nitrogens is 3. The van der Waals surface area contributed by atoms with Gasteiger partial charge < -0.3 is 0 Å². The Bertz CT molecular complexity index is 765. The zero-order valence-corrected chi connectivity index (χ0v) is 15.1. The molecule has 0 atom stereocenters. The summed E-state index contributed by atoms with van der Waals surface area (Å²) in [6.07, 6.45) is 6.96. The number of nitrogens with zero attached hydrogens (tertiary/aromatic N) is 4. The molecule has 0 fully saturated rings. The first-order valence-electron chi connectivity index (χ1n) is 8.92. The van der Waals surface area contributed by atoms with E-state index in [0.29, 0.717) is 0 Å². The van der Waals surface area contributed by atoms with Gasteiger partial charge in [0.1, 0.15) is 0 Å². The summed E-state index contributed by atoms with van der Waals surface area (Å²) in [5.41, 5.74) is 5.11. The summed E-state index contributed by atoms with van der Waals surface area (Å²) in [6.45, 7) is 8.00. The van der Waals surface area contributed by atoms with Crippen molar-refractivity contribution in [1.29, 1.82) is 0 Å². The minimum atomic E-state index is 0.912. The van der Waals surface area contributed by atoms with Gasteiger partial charge in [0.15, 0.2) is 0 Å². The molecule has 3 aromatic rings. The fraction of sp³-hybridized carbons (Fsp3) is 0.333. The van der Waals surface area contributed by atoms with Crippen molar-refractivity contribution >= 4 is 0 Å². The molecular formula is C21H26N4. The Morgan fingerprint density at radius 2 is 1.72 bits per heavy atom. The van der Waals surface area contributed by atoms with E-state index in [1.54, 1.807) is 0 Å². The van der Waals surface area contributed by atoms with Crippen LogP contribution in [0.25, 0.3) is 0 Å². The zero-order valence-electron chi connectivity index (χ0n) is 15.1. The first-order chi connectivity index (χ1) is 12.2. The number of hydrogen-bond donors (Lipinski definition) is 0. The first kappa shape index (κ1) is 17.4. The molecule has 0 spiro atoms. The average Bonchev–Trinajstić information content (AvgIpc) is 3.01. The van der Waals surface area contributed by atoms with Gasteiger partial charge in [0.25, 0.3) is 0 Å². The van der Waals surface area contributed by atoms with E-state index < -0.39 is 0 Å². The van der Waals surface area contributed by atoms with Crippen LogP contribution in [0.2, 0.25) is 0 Å². The maximum atomic E-state index is 4.59. The van der Waals surface area contributed by atoms with Crippen molar-refractivity contribution < 1.29 is 0 Å². The van der Waals surface area contributed by atoms with E-state index in [4.69, 9.17) is 0 Å². The molecule has 4 heteroatoms. The fourth-order valence-corrected chi connectivity index (χ4v) is 3.01. The third-order valence-corrected chi connectivity index (χ3v) is 4.48. The normalized spacial score (nSPS) is 11.2. The summed E-state index contributed by atoms with van der Waals surface area (Å²) >= 11 is 0. The summed E-state index contributed by atoms with van der Waals surface area (Å²) in [4.78, 5) is 6.62.